The molecule has 7 nitrogen and oxygen atoms in total. The Morgan fingerprint density at radius 3 is 2.73 bits per heavy atom. The Bertz CT molecular complexity index is 1150. The zero-order chi connectivity index (χ0) is 20.5. The number of fused-ring (bicyclic) bond motifs is 1. The lowest BCUT2D eigenvalue weighted by molar-refractivity contribution is 0.0695. The number of ether oxygens (including phenoxy) is 1. The van der Waals surface area contributed by atoms with Gasteiger partial charge in [0.2, 0.25) is 0 Å². The van der Waals surface area contributed by atoms with Gasteiger partial charge in [-0.05, 0) is 37.1 Å². The van der Waals surface area contributed by atoms with Crippen LogP contribution in [0.4, 0.5) is 0 Å². The van der Waals surface area contributed by atoms with Crippen LogP contribution >= 0.6 is 0 Å². The summed E-state index contributed by atoms with van der Waals surface area (Å²) in [5.74, 6) is 1.49. The van der Waals surface area contributed by atoms with Crippen molar-refractivity contribution in [1.82, 2.24) is 24.6 Å². The summed E-state index contributed by atoms with van der Waals surface area (Å²) in [6.07, 6.45) is 3.68. The molecule has 2 aromatic carbocycles. The quantitative estimate of drug-likeness (QED) is 0.565. The Labute approximate surface area is 174 Å². The van der Waals surface area contributed by atoms with Crippen molar-refractivity contribution < 1.29 is 9.53 Å². The minimum atomic E-state index is -0.109. The van der Waals surface area contributed by atoms with Crippen LogP contribution in [0.2, 0.25) is 0 Å². The maximum Gasteiger partial charge on any atom is 0.278 e. The molecule has 30 heavy (non-hydrogen) atoms. The molecule has 7 heteroatoms. The number of hydrogen-bond acceptors (Lipinski definition) is 4. The number of amides is 1. The highest BCUT2D eigenvalue weighted by Crippen LogP contribution is 2.29. The number of aromatic amines is 1. The first-order chi connectivity index (χ1) is 14.7. The first-order valence-electron chi connectivity index (χ1n) is 10.2. The van der Waals surface area contributed by atoms with Gasteiger partial charge in [-0.15, -0.1) is 0 Å². The number of aromatic nitrogens is 4. The van der Waals surface area contributed by atoms with Gasteiger partial charge >= 0.3 is 0 Å². The van der Waals surface area contributed by atoms with E-state index in [4.69, 9.17) is 9.72 Å². The minimum absolute atomic E-state index is 0.109. The molecule has 1 atom stereocenters. The number of benzene rings is 2. The van der Waals surface area contributed by atoms with Gasteiger partial charge in [0.15, 0.2) is 11.4 Å². The summed E-state index contributed by atoms with van der Waals surface area (Å²) in [6, 6.07) is 17.7. The Balaban J connectivity index is 1.40. The molecule has 0 saturated carbocycles. The van der Waals surface area contributed by atoms with Crippen molar-refractivity contribution in [3.8, 4) is 11.4 Å². The van der Waals surface area contributed by atoms with Gasteiger partial charge in [-0.2, -0.15) is 5.10 Å². The molecule has 1 aliphatic rings. The fraction of sp³-hybridized carbons (Fsp3) is 0.261. The van der Waals surface area contributed by atoms with Crippen LogP contribution in [0.15, 0.2) is 60.8 Å². The van der Waals surface area contributed by atoms with Crippen molar-refractivity contribution in [2.24, 2.45) is 0 Å². The van der Waals surface area contributed by atoms with Crippen LogP contribution in [-0.4, -0.2) is 50.8 Å². The lowest BCUT2D eigenvalue weighted by Crippen LogP contribution is -2.39. The molecule has 152 valence electrons. The second-order valence-corrected chi connectivity index (χ2v) is 7.56. The molecule has 1 amide bonds. The summed E-state index contributed by atoms with van der Waals surface area (Å²) >= 11 is 0. The average molecular weight is 401 g/mol. The molecule has 1 fully saturated rings. The van der Waals surface area contributed by atoms with Gasteiger partial charge < -0.3 is 14.6 Å². The van der Waals surface area contributed by atoms with E-state index in [9.17, 15) is 4.79 Å². The highest BCUT2D eigenvalue weighted by atomic mass is 16.5. The van der Waals surface area contributed by atoms with Crippen LogP contribution in [0.1, 0.15) is 35.1 Å². The molecule has 0 spiro atoms. The highest BCUT2D eigenvalue weighted by Gasteiger charge is 2.30. The predicted octanol–water partition coefficient (Wildman–Crippen LogP) is 3.78. The third kappa shape index (κ3) is 3.32. The van der Waals surface area contributed by atoms with E-state index in [0.717, 1.165) is 35.4 Å². The zero-order valence-corrected chi connectivity index (χ0v) is 16.8. The summed E-state index contributed by atoms with van der Waals surface area (Å²) in [4.78, 5) is 23.3. The zero-order valence-electron chi connectivity index (χ0n) is 16.8. The van der Waals surface area contributed by atoms with E-state index in [1.54, 1.807) is 18.0 Å². The number of likely N-dealkylation sites (tertiary alicyclic amines) is 1. The first kappa shape index (κ1) is 18.4. The smallest absolute Gasteiger partial charge is 0.278 e. The van der Waals surface area contributed by atoms with Crippen LogP contribution in [0.5, 0.6) is 5.75 Å². The number of nitrogens with one attached hydrogen (secondary N) is 1. The summed E-state index contributed by atoms with van der Waals surface area (Å²) in [6.45, 7) is 1.32. The molecule has 1 saturated heterocycles. The van der Waals surface area contributed by atoms with Crippen molar-refractivity contribution >= 4 is 16.9 Å². The molecule has 3 heterocycles. The Kier molecular flexibility index (Phi) is 4.71. The lowest BCUT2D eigenvalue weighted by atomic mass is 9.97. The number of piperidine rings is 1. The molecule has 2 aromatic heterocycles. The molecule has 0 radical (unpaired) electrons. The van der Waals surface area contributed by atoms with Crippen molar-refractivity contribution in [2.45, 2.75) is 18.8 Å². The molecule has 1 unspecified atom stereocenters. The standard InChI is InChI=1S/C23H23N5O2/c1-30-20-15-28(17-9-3-2-4-10-17)26-21(20)23(29)27-13-7-8-16(14-27)22-24-18-11-5-6-12-19(18)25-22/h2-6,9-12,15-16H,7-8,13-14H2,1H3,(H,24,25). The van der Waals surface area contributed by atoms with Crippen LogP contribution in [0.3, 0.4) is 0 Å². The van der Waals surface area contributed by atoms with E-state index in [-0.39, 0.29) is 11.8 Å². The molecule has 5 rings (SSSR count). The van der Waals surface area contributed by atoms with Gasteiger partial charge in [0, 0.05) is 19.0 Å². The Morgan fingerprint density at radius 1 is 1.13 bits per heavy atom. The summed E-state index contributed by atoms with van der Waals surface area (Å²) in [7, 11) is 1.57. The van der Waals surface area contributed by atoms with Gasteiger partial charge in [0.05, 0.1) is 30.0 Å². The van der Waals surface area contributed by atoms with E-state index in [1.807, 2.05) is 59.5 Å². The number of imidazole rings is 1. The number of para-hydroxylation sites is 3. The third-order valence-corrected chi connectivity index (χ3v) is 5.63. The first-order valence-corrected chi connectivity index (χ1v) is 10.2. The molecule has 0 aliphatic carbocycles. The van der Waals surface area contributed by atoms with Crippen molar-refractivity contribution in [2.75, 3.05) is 20.2 Å². The van der Waals surface area contributed by atoms with Gasteiger partial charge in [-0.25, -0.2) is 9.67 Å². The van der Waals surface area contributed by atoms with E-state index in [0.29, 0.717) is 24.5 Å². The van der Waals surface area contributed by atoms with E-state index >= 15 is 0 Å². The SMILES string of the molecule is COc1cn(-c2ccccc2)nc1C(=O)N1CCCC(c2nc3ccccc3[nH]2)C1. The van der Waals surface area contributed by atoms with Crippen LogP contribution in [0, 0.1) is 0 Å². The van der Waals surface area contributed by atoms with E-state index < -0.39 is 0 Å². The average Bonchev–Trinajstić information content (AvgIpc) is 3.44. The summed E-state index contributed by atoms with van der Waals surface area (Å²) in [5.41, 5.74) is 3.21. The monoisotopic (exact) mass is 401 g/mol. The molecule has 1 aliphatic heterocycles. The van der Waals surface area contributed by atoms with Gasteiger partial charge in [-0.1, -0.05) is 30.3 Å². The van der Waals surface area contributed by atoms with Crippen molar-refractivity contribution in [3.63, 3.8) is 0 Å². The number of methoxy groups -OCH3 is 1. The second kappa shape index (κ2) is 7.67. The maximum absolute atomic E-state index is 13.3. The summed E-state index contributed by atoms with van der Waals surface area (Å²) < 4.78 is 7.15. The van der Waals surface area contributed by atoms with Crippen LogP contribution < -0.4 is 4.74 Å². The van der Waals surface area contributed by atoms with Crippen LogP contribution in [-0.2, 0) is 0 Å². The van der Waals surface area contributed by atoms with Gasteiger partial charge in [0.25, 0.3) is 5.91 Å². The van der Waals surface area contributed by atoms with Crippen LogP contribution in [0.25, 0.3) is 16.7 Å². The number of nitrogens with zero attached hydrogens (tertiary/aromatic N) is 4. The topological polar surface area (TPSA) is 76.0 Å². The number of rotatable bonds is 4. The normalized spacial score (nSPS) is 16.7. The van der Waals surface area contributed by atoms with Crippen molar-refractivity contribution in [3.05, 3.63) is 72.3 Å². The highest BCUT2D eigenvalue weighted by molar-refractivity contribution is 5.95. The molecular formula is C23H23N5O2. The molecule has 0 bridgehead atoms. The fourth-order valence-electron chi connectivity index (χ4n) is 4.07. The maximum atomic E-state index is 13.3. The van der Waals surface area contributed by atoms with Crippen molar-refractivity contribution in [1.29, 1.82) is 0 Å². The Hall–Kier alpha value is -3.61. The minimum Gasteiger partial charge on any atom is -0.493 e. The fourth-order valence-corrected chi connectivity index (χ4v) is 4.07. The van der Waals surface area contributed by atoms with E-state index in [2.05, 4.69) is 10.1 Å². The molecular weight excluding hydrogens is 378 g/mol. The lowest BCUT2D eigenvalue weighted by Gasteiger charge is -2.31. The van der Waals surface area contributed by atoms with Gasteiger partial charge in [-0.3, -0.25) is 4.79 Å². The molecule has 1 N–H and O–H groups in total. The van der Waals surface area contributed by atoms with E-state index in [1.165, 1.54) is 0 Å². The number of hydrogen-bond donors (Lipinski definition) is 1. The third-order valence-electron chi connectivity index (χ3n) is 5.63. The predicted molar refractivity (Wildman–Crippen MR) is 114 cm³/mol. The van der Waals surface area contributed by atoms with Gasteiger partial charge in [0.1, 0.15) is 5.82 Å². The molecule has 4 aromatic rings. The number of carbonyl (C=O) groups is 1. The summed E-state index contributed by atoms with van der Waals surface area (Å²) in [5, 5.41) is 4.54. The Morgan fingerprint density at radius 2 is 1.93 bits per heavy atom. The number of carbonyl (C=O) groups excluding carboxylic acids is 1. The largest absolute Gasteiger partial charge is 0.493 e. The second-order valence-electron chi connectivity index (χ2n) is 7.56. The number of H-pyrrole nitrogens is 1.